The lowest BCUT2D eigenvalue weighted by atomic mass is 9.84. The van der Waals surface area contributed by atoms with E-state index in [0.29, 0.717) is 32.4 Å². The predicted octanol–water partition coefficient (Wildman–Crippen LogP) is 3.92. The second-order valence-electron chi connectivity index (χ2n) is 9.65. The number of para-hydroxylation sites is 1. The molecule has 3 atom stereocenters. The van der Waals surface area contributed by atoms with Crippen molar-refractivity contribution in [3.8, 4) is 0 Å². The molecule has 12 heteroatoms. The standard InChI is InChI=1S/C30H24N4O6S2/c1-2-40-29(38)17-10-12-20(13-11-17)34-26(36)23-22(18-7-6-14-31-15-18)25-28(41-24(23)27(34)37)33(30(39)42-25)16-21(35)32-19-8-4-3-5-9-19/h3-15,22-24H,2,16H2,1H3,(H,32,35)/t22-,23-,24+/m0/s1. The number of thioether (sulfide) groups is 1. The molecule has 4 heterocycles. The highest BCUT2D eigenvalue weighted by atomic mass is 32.2. The van der Waals surface area contributed by atoms with Gasteiger partial charge in [-0.05, 0) is 55.0 Å². The molecule has 2 aliphatic rings. The van der Waals surface area contributed by atoms with Crippen LogP contribution in [-0.2, 0) is 25.7 Å². The number of aromatic nitrogens is 2. The van der Waals surface area contributed by atoms with Gasteiger partial charge in [-0.15, -0.1) is 0 Å². The predicted molar refractivity (Wildman–Crippen MR) is 158 cm³/mol. The van der Waals surface area contributed by atoms with Crippen LogP contribution >= 0.6 is 23.1 Å². The van der Waals surface area contributed by atoms with Crippen LogP contribution in [0, 0.1) is 5.92 Å². The van der Waals surface area contributed by atoms with E-state index in [-0.39, 0.29) is 23.9 Å². The van der Waals surface area contributed by atoms with Gasteiger partial charge in [0.2, 0.25) is 17.7 Å². The maximum atomic E-state index is 14.0. The van der Waals surface area contributed by atoms with Gasteiger partial charge in [0, 0.05) is 28.9 Å². The molecule has 0 radical (unpaired) electrons. The maximum Gasteiger partial charge on any atom is 0.338 e. The van der Waals surface area contributed by atoms with Gasteiger partial charge < -0.3 is 10.1 Å². The molecule has 0 aliphatic carbocycles. The molecule has 2 aliphatic heterocycles. The highest BCUT2D eigenvalue weighted by molar-refractivity contribution is 8.00. The SMILES string of the molecule is CCOC(=O)c1ccc(N2C(=O)[C@H]3[C@H](c4cccnc4)c4sc(=O)n(CC(=O)Nc5ccccc5)c4S[C@H]3C2=O)cc1. The van der Waals surface area contributed by atoms with Crippen molar-refractivity contribution in [1.82, 2.24) is 9.55 Å². The Bertz CT molecular complexity index is 1740. The molecule has 2 aromatic heterocycles. The monoisotopic (exact) mass is 600 g/mol. The summed E-state index contributed by atoms with van der Waals surface area (Å²) in [6.45, 7) is 1.69. The molecule has 0 saturated carbocycles. The second-order valence-corrected chi connectivity index (χ2v) is 11.8. The molecule has 212 valence electrons. The molecular weight excluding hydrogens is 576 g/mol. The average molecular weight is 601 g/mol. The summed E-state index contributed by atoms with van der Waals surface area (Å²) in [5.41, 5.74) is 1.93. The van der Waals surface area contributed by atoms with Crippen molar-refractivity contribution < 1.29 is 23.9 Å². The molecule has 6 rings (SSSR count). The summed E-state index contributed by atoms with van der Waals surface area (Å²) in [4.78, 5) is 71.7. The first-order valence-electron chi connectivity index (χ1n) is 13.2. The molecule has 0 unspecified atom stereocenters. The van der Waals surface area contributed by atoms with Crippen molar-refractivity contribution in [3.05, 3.63) is 105 Å². The number of carbonyl (C=O) groups excluding carboxylic acids is 4. The fourth-order valence-electron chi connectivity index (χ4n) is 5.26. The topological polar surface area (TPSA) is 128 Å². The third-order valence-corrected chi connectivity index (χ3v) is 9.69. The number of imide groups is 1. The minimum absolute atomic E-state index is 0.225. The molecule has 4 aromatic rings. The summed E-state index contributed by atoms with van der Waals surface area (Å²) in [5.74, 6) is -3.14. The number of fused-ring (bicyclic) bond motifs is 2. The highest BCUT2D eigenvalue weighted by Gasteiger charge is 2.56. The fraction of sp³-hybridized carbons (Fsp3) is 0.200. The second kappa shape index (κ2) is 11.4. The largest absolute Gasteiger partial charge is 0.462 e. The van der Waals surface area contributed by atoms with E-state index in [1.807, 2.05) is 12.1 Å². The minimum Gasteiger partial charge on any atom is -0.462 e. The number of amides is 3. The summed E-state index contributed by atoms with van der Waals surface area (Å²) < 4.78 is 6.41. The van der Waals surface area contributed by atoms with Crippen LogP contribution in [0.5, 0.6) is 0 Å². The molecule has 42 heavy (non-hydrogen) atoms. The fourth-order valence-corrected chi connectivity index (χ4v) is 8.03. The Kier molecular flexibility index (Phi) is 7.48. The zero-order valence-corrected chi connectivity index (χ0v) is 23.9. The van der Waals surface area contributed by atoms with Crippen molar-refractivity contribution in [2.24, 2.45) is 5.92 Å². The smallest absolute Gasteiger partial charge is 0.338 e. The average Bonchev–Trinajstić information content (AvgIpc) is 3.44. The van der Waals surface area contributed by atoms with Crippen LogP contribution in [-0.4, -0.2) is 45.1 Å². The van der Waals surface area contributed by atoms with Gasteiger partial charge in [-0.2, -0.15) is 0 Å². The van der Waals surface area contributed by atoms with Gasteiger partial charge >= 0.3 is 10.8 Å². The zero-order chi connectivity index (χ0) is 29.4. The van der Waals surface area contributed by atoms with E-state index in [1.54, 1.807) is 61.8 Å². The van der Waals surface area contributed by atoms with Crippen molar-refractivity contribution in [2.75, 3.05) is 16.8 Å². The van der Waals surface area contributed by atoms with Crippen LogP contribution in [0.25, 0.3) is 0 Å². The number of hydrogen-bond acceptors (Lipinski definition) is 9. The lowest BCUT2D eigenvalue weighted by molar-refractivity contribution is -0.122. The Morgan fingerprint density at radius 3 is 2.43 bits per heavy atom. The summed E-state index contributed by atoms with van der Waals surface area (Å²) in [6.07, 6.45) is 3.24. The molecule has 1 fully saturated rings. The van der Waals surface area contributed by atoms with Crippen LogP contribution in [0.15, 0.2) is 88.9 Å². The third-order valence-electron chi connectivity index (χ3n) is 7.09. The van der Waals surface area contributed by atoms with Crippen LogP contribution in [0.1, 0.15) is 33.6 Å². The van der Waals surface area contributed by atoms with Crippen LogP contribution in [0.2, 0.25) is 0 Å². The van der Waals surface area contributed by atoms with Crippen LogP contribution in [0.4, 0.5) is 11.4 Å². The molecule has 3 amide bonds. The van der Waals surface area contributed by atoms with Crippen LogP contribution < -0.4 is 15.1 Å². The van der Waals surface area contributed by atoms with E-state index >= 15 is 0 Å². The van der Waals surface area contributed by atoms with Crippen molar-refractivity contribution in [2.45, 2.75) is 29.7 Å². The highest BCUT2D eigenvalue weighted by Crippen LogP contribution is 2.53. The number of carbonyl (C=O) groups is 4. The quantitative estimate of drug-likeness (QED) is 0.250. The van der Waals surface area contributed by atoms with E-state index in [2.05, 4.69) is 10.3 Å². The number of pyridine rings is 1. The lowest BCUT2D eigenvalue weighted by Crippen LogP contribution is -2.33. The summed E-state index contributed by atoms with van der Waals surface area (Å²) in [6, 6.07) is 18.6. The normalized spacial score (nSPS) is 19.3. The Morgan fingerprint density at radius 2 is 1.74 bits per heavy atom. The number of esters is 1. The van der Waals surface area contributed by atoms with E-state index in [0.717, 1.165) is 28.0 Å². The first-order valence-corrected chi connectivity index (χ1v) is 14.9. The first kappa shape index (κ1) is 27.6. The number of rotatable bonds is 7. The van der Waals surface area contributed by atoms with Gasteiger partial charge in [-0.1, -0.05) is 47.4 Å². The third kappa shape index (κ3) is 4.92. The Labute approximate surface area is 248 Å². The van der Waals surface area contributed by atoms with Gasteiger partial charge in [0.25, 0.3) is 0 Å². The number of nitrogens with one attached hydrogen (secondary N) is 1. The molecule has 1 N–H and O–H groups in total. The van der Waals surface area contributed by atoms with E-state index in [9.17, 15) is 24.0 Å². The number of benzene rings is 2. The molecular formula is C30H24N4O6S2. The zero-order valence-electron chi connectivity index (χ0n) is 22.3. The summed E-state index contributed by atoms with van der Waals surface area (Å²) in [7, 11) is 0. The van der Waals surface area contributed by atoms with Gasteiger partial charge in [-0.25, -0.2) is 9.69 Å². The number of nitrogens with zero attached hydrogens (tertiary/aromatic N) is 3. The van der Waals surface area contributed by atoms with Crippen molar-refractivity contribution >= 4 is 58.2 Å². The van der Waals surface area contributed by atoms with Crippen LogP contribution in [0.3, 0.4) is 0 Å². The van der Waals surface area contributed by atoms with E-state index in [1.165, 1.54) is 16.7 Å². The van der Waals surface area contributed by atoms with Gasteiger partial charge in [-0.3, -0.25) is 28.7 Å². The minimum atomic E-state index is -0.836. The Morgan fingerprint density at radius 1 is 0.976 bits per heavy atom. The van der Waals surface area contributed by atoms with Gasteiger partial charge in [0.15, 0.2) is 0 Å². The molecule has 1 saturated heterocycles. The summed E-state index contributed by atoms with van der Waals surface area (Å²) in [5, 5.41) is 2.45. The Hall–Kier alpha value is -4.55. The molecule has 0 spiro atoms. The number of thiazole rings is 1. The molecule has 2 aromatic carbocycles. The van der Waals surface area contributed by atoms with Gasteiger partial charge in [0.1, 0.15) is 11.8 Å². The number of hydrogen-bond donors (Lipinski definition) is 1. The van der Waals surface area contributed by atoms with Gasteiger partial charge in [0.05, 0.1) is 28.8 Å². The molecule has 10 nitrogen and oxygen atoms in total. The number of anilines is 2. The van der Waals surface area contributed by atoms with E-state index in [4.69, 9.17) is 4.74 Å². The first-order chi connectivity index (χ1) is 20.4. The summed E-state index contributed by atoms with van der Waals surface area (Å²) >= 11 is 2.11. The Balaban J connectivity index is 1.36. The molecule has 0 bridgehead atoms. The van der Waals surface area contributed by atoms with Crippen molar-refractivity contribution in [3.63, 3.8) is 0 Å². The lowest BCUT2D eigenvalue weighted by Gasteiger charge is -2.30. The van der Waals surface area contributed by atoms with Crippen molar-refractivity contribution in [1.29, 1.82) is 0 Å². The maximum absolute atomic E-state index is 14.0. The van der Waals surface area contributed by atoms with E-state index < -0.39 is 34.9 Å². The number of ether oxygens (including phenoxy) is 1.